The van der Waals surface area contributed by atoms with Crippen LogP contribution < -0.4 is 10.6 Å². The molecular formula is C21H19N3O2S. The van der Waals surface area contributed by atoms with Crippen LogP contribution in [-0.2, 0) is 13.0 Å². The van der Waals surface area contributed by atoms with Gasteiger partial charge in [-0.3, -0.25) is 4.79 Å². The first-order valence-electron chi connectivity index (χ1n) is 8.75. The van der Waals surface area contributed by atoms with Crippen molar-refractivity contribution < 1.29 is 9.59 Å². The summed E-state index contributed by atoms with van der Waals surface area (Å²) in [4.78, 5) is 26.4. The average molecular weight is 377 g/mol. The molecule has 3 amide bonds. The quantitative estimate of drug-likeness (QED) is 0.701. The van der Waals surface area contributed by atoms with Crippen molar-refractivity contribution >= 4 is 34.6 Å². The second-order valence-corrected chi connectivity index (χ2v) is 7.19. The normalized spacial score (nSPS) is 13.0. The molecule has 6 heteroatoms. The minimum absolute atomic E-state index is 0.112. The van der Waals surface area contributed by atoms with Gasteiger partial charge >= 0.3 is 6.03 Å². The fraction of sp³-hybridized carbons (Fsp3) is 0.143. The fourth-order valence-electron chi connectivity index (χ4n) is 3.11. The van der Waals surface area contributed by atoms with Crippen LogP contribution in [0.4, 0.5) is 16.2 Å². The largest absolute Gasteiger partial charge is 0.322 e. The highest BCUT2D eigenvalue weighted by Gasteiger charge is 2.20. The van der Waals surface area contributed by atoms with Crippen LogP contribution in [0, 0.1) is 0 Å². The van der Waals surface area contributed by atoms with Gasteiger partial charge in [0.15, 0.2) is 0 Å². The Labute approximate surface area is 161 Å². The molecule has 0 fully saturated rings. The zero-order valence-corrected chi connectivity index (χ0v) is 15.5. The maximum Gasteiger partial charge on any atom is 0.322 e. The number of hydrogen-bond donors (Lipinski definition) is 2. The van der Waals surface area contributed by atoms with Gasteiger partial charge in [0.05, 0.1) is 5.56 Å². The van der Waals surface area contributed by atoms with Gasteiger partial charge in [-0.15, -0.1) is 0 Å². The number of anilines is 2. The van der Waals surface area contributed by atoms with E-state index in [9.17, 15) is 9.59 Å². The van der Waals surface area contributed by atoms with Crippen molar-refractivity contribution in [3.63, 3.8) is 0 Å². The molecule has 27 heavy (non-hydrogen) atoms. The highest BCUT2D eigenvalue weighted by molar-refractivity contribution is 7.08. The molecule has 2 N–H and O–H groups in total. The zero-order chi connectivity index (χ0) is 18.6. The van der Waals surface area contributed by atoms with E-state index in [0.717, 1.165) is 6.42 Å². The van der Waals surface area contributed by atoms with Crippen LogP contribution >= 0.6 is 11.3 Å². The van der Waals surface area contributed by atoms with Crippen molar-refractivity contribution in [2.24, 2.45) is 0 Å². The van der Waals surface area contributed by atoms with Crippen LogP contribution in [0.25, 0.3) is 0 Å². The number of fused-ring (bicyclic) bond motifs is 1. The molecule has 0 saturated carbocycles. The van der Waals surface area contributed by atoms with Crippen LogP contribution in [-0.4, -0.2) is 23.4 Å². The van der Waals surface area contributed by atoms with Gasteiger partial charge in [0.1, 0.15) is 0 Å². The Morgan fingerprint density at radius 1 is 0.889 bits per heavy atom. The van der Waals surface area contributed by atoms with Gasteiger partial charge in [0.25, 0.3) is 5.91 Å². The Hall–Kier alpha value is -3.12. The highest BCUT2D eigenvalue weighted by Crippen LogP contribution is 2.20. The Kier molecular flexibility index (Phi) is 4.89. The molecule has 2 heterocycles. The molecular weight excluding hydrogens is 358 g/mol. The Morgan fingerprint density at radius 2 is 1.59 bits per heavy atom. The van der Waals surface area contributed by atoms with E-state index < -0.39 is 0 Å². The van der Waals surface area contributed by atoms with Gasteiger partial charge in [0, 0.05) is 29.8 Å². The van der Waals surface area contributed by atoms with Gasteiger partial charge in [-0.25, -0.2) is 4.79 Å². The number of carbonyl (C=O) groups is 2. The third kappa shape index (κ3) is 4.01. The molecule has 2 aromatic carbocycles. The number of nitrogens with one attached hydrogen (secondary N) is 2. The number of rotatable bonds is 3. The van der Waals surface area contributed by atoms with Gasteiger partial charge in [-0.2, -0.15) is 11.3 Å². The average Bonchev–Trinajstić information content (AvgIpc) is 3.24. The molecule has 3 aromatic rings. The fourth-order valence-corrected chi connectivity index (χ4v) is 3.74. The zero-order valence-electron chi connectivity index (χ0n) is 14.6. The van der Waals surface area contributed by atoms with Crippen molar-refractivity contribution in [2.45, 2.75) is 13.0 Å². The molecule has 136 valence electrons. The molecule has 1 aromatic heterocycles. The lowest BCUT2D eigenvalue weighted by Gasteiger charge is -2.29. The summed E-state index contributed by atoms with van der Waals surface area (Å²) in [6, 6.07) is 17.0. The maximum absolute atomic E-state index is 12.5. The van der Waals surface area contributed by atoms with Crippen LogP contribution in [0.3, 0.4) is 0 Å². The summed E-state index contributed by atoms with van der Waals surface area (Å²) < 4.78 is 0. The smallest absolute Gasteiger partial charge is 0.322 e. The molecule has 4 rings (SSSR count). The van der Waals surface area contributed by atoms with E-state index in [-0.39, 0.29) is 11.9 Å². The summed E-state index contributed by atoms with van der Waals surface area (Å²) in [5.41, 5.74) is 4.55. The molecule has 0 bridgehead atoms. The highest BCUT2D eigenvalue weighted by atomic mass is 32.1. The second kappa shape index (κ2) is 7.63. The molecule has 0 saturated heterocycles. The van der Waals surface area contributed by atoms with Crippen LogP contribution in [0.5, 0.6) is 0 Å². The summed E-state index contributed by atoms with van der Waals surface area (Å²) >= 11 is 1.48. The van der Waals surface area contributed by atoms with E-state index in [1.807, 2.05) is 22.4 Å². The molecule has 1 aliphatic rings. The summed E-state index contributed by atoms with van der Waals surface area (Å²) in [6.45, 7) is 1.33. The van der Waals surface area contributed by atoms with E-state index in [1.165, 1.54) is 22.5 Å². The number of thiophene rings is 1. The Balaban J connectivity index is 1.36. The molecule has 1 aliphatic heterocycles. The van der Waals surface area contributed by atoms with Gasteiger partial charge in [0.2, 0.25) is 0 Å². The van der Waals surface area contributed by atoms with Crippen LogP contribution in [0.1, 0.15) is 21.5 Å². The lowest BCUT2D eigenvalue weighted by Crippen LogP contribution is -2.38. The monoisotopic (exact) mass is 377 g/mol. The minimum atomic E-state index is -0.139. The lowest BCUT2D eigenvalue weighted by atomic mass is 10.0. The standard InChI is InChI=1S/C21H19N3O2S/c25-20(17-10-12-27-14-17)22-18-5-7-19(8-6-18)23-21(26)24-11-9-15-3-1-2-4-16(15)13-24/h1-8,10,12,14H,9,11,13H2,(H,22,25)(H,23,26). The van der Waals surface area contributed by atoms with E-state index in [2.05, 4.69) is 22.8 Å². The van der Waals surface area contributed by atoms with E-state index in [4.69, 9.17) is 0 Å². The first kappa shape index (κ1) is 17.3. The van der Waals surface area contributed by atoms with Crippen molar-refractivity contribution in [2.75, 3.05) is 17.2 Å². The molecule has 0 radical (unpaired) electrons. The molecule has 0 aliphatic carbocycles. The first-order valence-corrected chi connectivity index (χ1v) is 9.70. The number of nitrogens with zero attached hydrogens (tertiary/aromatic N) is 1. The van der Waals surface area contributed by atoms with Gasteiger partial charge < -0.3 is 15.5 Å². The first-order chi connectivity index (χ1) is 13.2. The molecule has 0 atom stereocenters. The summed E-state index contributed by atoms with van der Waals surface area (Å²) in [7, 11) is 0. The summed E-state index contributed by atoms with van der Waals surface area (Å²) in [5, 5.41) is 9.44. The minimum Gasteiger partial charge on any atom is -0.322 e. The summed E-state index contributed by atoms with van der Waals surface area (Å²) in [5.74, 6) is -0.139. The predicted molar refractivity (Wildman–Crippen MR) is 108 cm³/mol. The SMILES string of the molecule is O=C(Nc1ccc(NC(=O)N2CCc3ccccc3C2)cc1)c1ccsc1. The number of amides is 3. The number of carbonyl (C=O) groups excluding carboxylic acids is 2. The van der Waals surface area contributed by atoms with E-state index in [0.29, 0.717) is 30.0 Å². The number of urea groups is 1. The Morgan fingerprint density at radius 3 is 2.30 bits per heavy atom. The number of hydrogen-bond acceptors (Lipinski definition) is 3. The third-order valence-corrected chi connectivity index (χ3v) is 5.28. The third-order valence-electron chi connectivity index (χ3n) is 4.60. The van der Waals surface area contributed by atoms with Gasteiger partial charge in [-0.1, -0.05) is 24.3 Å². The van der Waals surface area contributed by atoms with Gasteiger partial charge in [-0.05, 0) is 53.3 Å². The van der Waals surface area contributed by atoms with Crippen LogP contribution in [0.15, 0.2) is 65.4 Å². The number of benzene rings is 2. The second-order valence-electron chi connectivity index (χ2n) is 6.41. The molecule has 0 spiro atoms. The van der Waals surface area contributed by atoms with E-state index in [1.54, 1.807) is 35.7 Å². The van der Waals surface area contributed by atoms with Crippen molar-refractivity contribution in [1.29, 1.82) is 0 Å². The molecule has 5 nitrogen and oxygen atoms in total. The lowest BCUT2D eigenvalue weighted by molar-refractivity contribution is 0.102. The van der Waals surface area contributed by atoms with Crippen molar-refractivity contribution in [3.8, 4) is 0 Å². The molecule has 0 unspecified atom stereocenters. The predicted octanol–water partition coefficient (Wildman–Crippen LogP) is 4.59. The van der Waals surface area contributed by atoms with E-state index >= 15 is 0 Å². The maximum atomic E-state index is 12.5. The van der Waals surface area contributed by atoms with Crippen LogP contribution in [0.2, 0.25) is 0 Å². The van der Waals surface area contributed by atoms with Crippen molar-refractivity contribution in [3.05, 3.63) is 82.0 Å². The topological polar surface area (TPSA) is 61.4 Å². The Bertz CT molecular complexity index is 952. The van der Waals surface area contributed by atoms with Crippen molar-refractivity contribution in [1.82, 2.24) is 4.90 Å². The summed E-state index contributed by atoms with van der Waals surface area (Å²) in [6.07, 6.45) is 0.872.